The monoisotopic (exact) mass is 142 g/mol. The molecule has 60 valence electrons. The van der Waals surface area contributed by atoms with Crippen LogP contribution in [0.15, 0.2) is 0 Å². The van der Waals surface area contributed by atoms with Gasteiger partial charge in [0.1, 0.15) is 0 Å². The molecule has 1 rings (SSSR count). The third kappa shape index (κ3) is 1.98. The van der Waals surface area contributed by atoms with E-state index in [2.05, 4.69) is 13.8 Å². The van der Waals surface area contributed by atoms with Crippen LogP contribution in [0.25, 0.3) is 0 Å². The predicted octanol–water partition coefficient (Wildman–Crippen LogP) is 2.19. The Morgan fingerprint density at radius 1 is 1.10 bits per heavy atom. The van der Waals surface area contributed by atoms with Crippen molar-refractivity contribution in [2.75, 3.05) is 0 Å². The van der Waals surface area contributed by atoms with Crippen molar-refractivity contribution in [1.29, 1.82) is 0 Å². The molecule has 1 nitrogen and oxygen atoms in total. The minimum atomic E-state index is 0.00926. The first-order chi connectivity index (χ1) is 4.70. The Labute approximate surface area is 63.4 Å². The van der Waals surface area contributed by atoms with Crippen LogP contribution in [0, 0.1) is 11.8 Å². The summed E-state index contributed by atoms with van der Waals surface area (Å²) in [4.78, 5) is 0. The molecule has 10 heavy (non-hydrogen) atoms. The van der Waals surface area contributed by atoms with Gasteiger partial charge in [-0.15, -0.1) is 0 Å². The van der Waals surface area contributed by atoms with E-state index in [1.54, 1.807) is 0 Å². The quantitative estimate of drug-likeness (QED) is 0.595. The smallest absolute Gasteiger partial charge is 0.0540 e. The van der Waals surface area contributed by atoms with Crippen LogP contribution in [0.4, 0.5) is 0 Å². The predicted molar refractivity (Wildman–Crippen MR) is 42.8 cm³/mol. The van der Waals surface area contributed by atoms with Gasteiger partial charge in [-0.3, -0.25) is 0 Å². The Bertz CT molecular complexity index is 90.9. The topological polar surface area (TPSA) is 20.2 Å². The molecule has 0 aromatic carbocycles. The average molecular weight is 142 g/mol. The van der Waals surface area contributed by atoms with Crippen molar-refractivity contribution < 1.29 is 5.11 Å². The summed E-state index contributed by atoms with van der Waals surface area (Å²) in [6.07, 6.45) is 4.54. The third-order valence-corrected chi connectivity index (χ3v) is 2.68. The molecule has 1 aliphatic carbocycles. The first kappa shape index (κ1) is 8.06. The van der Waals surface area contributed by atoms with Gasteiger partial charge in [-0.2, -0.15) is 0 Å². The normalized spacial score (nSPS) is 34.8. The Hall–Kier alpha value is -0.0400. The van der Waals surface area contributed by atoms with Gasteiger partial charge in [0.05, 0.1) is 6.10 Å². The molecule has 0 aromatic heterocycles. The summed E-state index contributed by atoms with van der Waals surface area (Å²) in [6.45, 7) is 4.56. The highest BCUT2D eigenvalue weighted by molar-refractivity contribution is 4.73. The molecule has 1 fully saturated rings. The number of hydrogen-bond donors (Lipinski definition) is 1. The van der Waals surface area contributed by atoms with E-state index in [0.717, 1.165) is 24.7 Å². The summed E-state index contributed by atoms with van der Waals surface area (Å²) in [5.74, 6) is 1.69. The lowest BCUT2D eigenvalue weighted by Gasteiger charge is -2.27. The van der Waals surface area contributed by atoms with Crippen LogP contribution in [0.5, 0.6) is 0 Å². The molecule has 0 bridgehead atoms. The largest absolute Gasteiger partial charge is 0.393 e. The highest BCUT2D eigenvalue weighted by atomic mass is 16.3. The maximum absolute atomic E-state index is 9.21. The Morgan fingerprint density at radius 2 is 1.60 bits per heavy atom. The minimum absolute atomic E-state index is 0.00926. The minimum Gasteiger partial charge on any atom is -0.393 e. The average Bonchev–Trinajstić information content (AvgIpc) is 1.88. The van der Waals surface area contributed by atoms with E-state index in [-0.39, 0.29) is 6.10 Å². The molecule has 0 aliphatic heterocycles. The second kappa shape index (κ2) is 3.38. The van der Waals surface area contributed by atoms with Gasteiger partial charge in [0.2, 0.25) is 0 Å². The lowest BCUT2D eigenvalue weighted by Crippen LogP contribution is -2.21. The second-order valence-corrected chi connectivity index (χ2v) is 3.81. The van der Waals surface area contributed by atoms with Gasteiger partial charge in [-0.1, -0.05) is 13.8 Å². The van der Waals surface area contributed by atoms with Gasteiger partial charge >= 0.3 is 0 Å². The molecular weight excluding hydrogens is 124 g/mol. The molecule has 0 spiro atoms. The number of hydrogen-bond acceptors (Lipinski definition) is 1. The van der Waals surface area contributed by atoms with Crippen LogP contribution in [-0.2, 0) is 0 Å². The lowest BCUT2D eigenvalue weighted by molar-refractivity contribution is 0.0963. The zero-order chi connectivity index (χ0) is 7.56. The van der Waals surface area contributed by atoms with E-state index in [1.165, 1.54) is 12.8 Å². The van der Waals surface area contributed by atoms with Gasteiger partial charge < -0.3 is 5.11 Å². The molecule has 0 atom stereocenters. The van der Waals surface area contributed by atoms with E-state index in [1.807, 2.05) is 0 Å². The van der Waals surface area contributed by atoms with Crippen molar-refractivity contribution in [2.45, 2.75) is 45.6 Å². The van der Waals surface area contributed by atoms with Gasteiger partial charge in [0, 0.05) is 0 Å². The fourth-order valence-electron chi connectivity index (χ4n) is 1.77. The molecule has 0 aromatic rings. The zero-order valence-corrected chi connectivity index (χ0v) is 7.01. The Balaban J connectivity index is 2.26. The van der Waals surface area contributed by atoms with Crippen molar-refractivity contribution in [3.8, 4) is 0 Å². The van der Waals surface area contributed by atoms with Crippen LogP contribution >= 0.6 is 0 Å². The van der Waals surface area contributed by atoms with Crippen LogP contribution in [0.3, 0.4) is 0 Å². The fraction of sp³-hybridized carbons (Fsp3) is 1.00. The first-order valence-corrected chi connectivity index (χ1v) is 4.38. The van der Waals surface area contributed by atoms with Gasteiger partial charge in [0.15, 0.2) is 0 Å². The van der Waals surface area contributed by atoms with Crippen LogP contribution in [0.2, 0.25) is 0 Å². The zero-order valence-electron chi connectivity index (χ0n) is 7.01. The number of aliphatic hydroxyl groups is 1. The molecule has 1 heteroatoms. The highest BCUT2D eigenvalue weighted by Crippen LogP contribution is 2.29. The maximum atomic E-state index is 9.21. The molecular formula is C9H18O. The molecule has 0 heterocycles. The van der Waals surface area contributed by atoms with E-state index < -0.39 is 0 Å². The van der Waals surface area contributed by atoms with Crippen LogP contribution < -0.4 is 0 Å². The van der Waals surface area contributed by atoms with Gasteiger partial charge in [-0.05, 0) is 37.5 Å². The molecule has 0 unspecified atom stereocenters. The molecule has 1 aliphatic rings. The van der Waals surface area contributed by atoms with Crippen molar-refractivity contribution in [3.05, 3.63) is 0 Å². The number of rotatable bonds is 1. The summed E-state index contributed by atoms with van der Waals surface area (Å²) in [6, 6.07) is 0. The molecule has 1 N–H and O–H groups in total. The summed E-state index contributed by atoms with van der Waals surface area (Å²) < 4.78 is 0. The summed E-state index contributed by atoms with van der Waals surface area (Å²) in [7, 11) is 0. The Kier molecular flexibility index (Phi) is 2.72. The van der Waals surface area contributed by atoms with E-state index in [0.29, 0.717) is 0 Å². The summed E-state index contributed by atoms with van der Waals surface area (Å²) in [5, 5.41) is 9.21. The summed E-state index contributed by atoms with van der Waals surface area (Å²) >= 11 is 0. The van der Waals surface area contributed by atoms with E-state index in [4.69, 9.17) is 0 Å². The molecule has 0 amide bonds. The van der Waals surface area contributed by atoms with Crippen LogP contribution in [0.1, 0.15) is 39.5 Å². The van der Waals surface area contributed by atoms with E-state index in [9.17, 15) is 5.11 Å². The summed E-state index contributed by atoms with van der Waals surface area (Å²) in [5.41, 5.74) is 0. The second-order valence-electron chi connectivity index (χ2n) is 3.81. The van der Waals surface area contributed by atoms with Crippen molar-refractivity contribution >= 4 is 0 Å². The maximum Gasteiger partial charge on any atom is 0.0540 e. The van der Waals surface area contributed by atoms with Crippen molar-refractivity contribution in [2.24, 2.45) is 11.8 Å². The standard InChI is InChI=1S/C9H18O/c1-7(2)8-3-5-9(10)6-4-8/h7-10H,3-6H2,1-2H3/t8-,9+. The first-order valence-electron chi connectivity index (χ1n) is 4.38. The van der Waals surface area contributed by atoms with Gasteiger partial charge in [-0.25, -0.2) is 0 Å². The third-order valence-electron chi connectivity index (χ3n) is 2.68. The van der Waals surface area contributed by atoms with Gasteiger partial charge in [0.25, 0.3) is 0 Å². The van der Waals surface area contributed by atoms with Crippen molar-refractivity contribution in [3.63, 3.8) is 0 Å². The molecule has 1 saturated carbocycles. The van der Waals surface area contributed by atoms with Crippen molar-refractivity contribution in [1.82, 2.24) is 0 Å². The molecule has 0 saturated heterocycles. The lowest BCUT2D eigenvalue weighted by atomic mass is 9.81. The van der Waals surface area contributed by atoms with Crippen LogP contribution in [-0.4, -0.2) is 11.2 Å². The highest BCUT2D eigenvalue weighted by Gasteiger charge is 2.21. The number of aliphatic hydroxyl groups excluding tert-OH is 1. The van der Waals surface area contributed by atoms with E-state index >= 15 is 0 Å². The fourth-order valence-corrected chi connectivity index (χ4v) is 1.77. The SMILES string of the molecule is CC(C)[C@H]1CC[C@@H](O)CC1. The Morgan fingerprint density at radius 3 is 2.00 bits per heavy atom. The molecule has 0 radical (unpaired) electrons.